The Morgan fingerprint density at radius 3 is 2.35 bits per heavy atom. The topological polar surface area (TPSA) is 0 Å². The van der Waals surface area contributed by atoms with Crippen molar-refractivity contribution in [3.63, 3.8) is 0 Å². The van der Waals surface area contributed by atoms with Crippen molar-refractivity contribution in [2.75, 3.05) is 0 Å². The summed E-state index contributed by atoms with van der Waals surface area (Å²) in [5.41, 5.74) is 6.82. The quantitative estimate of drug-likeness (QED) is 0.646. The Kier molecular flexibility index (Phi) is 5.25. The van der Waals surface area contributed by atoms with Gasteiger partial charge >= 0.3 is 0 Å². The lowest BCUT2D eigenvalue weighted by molar-refractivity contribution is 0.738. The summed E-state index contributed by atoms with van der Waals surface area (Å²) in [6, 6.07) is 15.2. The minimum absolute atomic E-state index is 0.204. The molecule has 0 aliphatic carbocycles. The van der Waals surface area contributed by atoms with Crippen LogP contribution in [0.1, 0.15) is 34.2 Å². The predicted molar refractivity (Wildman–Crippen MR) is 88.8 cm³/mol. The van der Waals surface area contributed by atoms with Gasteiger partial charge in [-0.2, -0.15) is 0 Å². The molecule has 0 aromatic heterocycles. The molecular weight excluding hydrogens is 264 g/mol. The SMILES string of the molecule is Cc1ccc(C)c(CC(Cl)CCc2ccccc2C)c1. The molecule has 106 valence electrons. The first kappa shape index (κ1) is 15.1. The fourth-order valence-corrected chi connectivity index (χ4v) is 2.84. The number of halogens is 1. The molecule has 20 heavy (non-hydrogen) atoms. The van der Waals surface area contributed by atoms with Gasteiger partial charge in [0.2, 0.25) is 0 Å². The summed E-state index contributed by atoms with van der Waals surface area (Å²) in [7, 11) is 0. The van der Waals surface area contributed by atoms with Gasteiger partial charge in [-0.05, 0) is 62.3 Å². The molecule has 0 bridgehead atoms. The first-order valence-corrected chi connectivity index (χ1v) is 7.74. The normalized spacial score (nSPS) is 12.4. The van der Waals surface area contributed by atoms with Gasteiger partial charge in [0.1, 0.15) is 0 Å². The van der Waals surface area contributed by atoms with Crippen LogP contribution < -0.4 is 0 Å². The van der Waals surface area contributed by atoms with Gasteiger partial charge in [0.15, 0.2) is 0 Å². The first-order chi connectivity index (χ1) is 9.56. The third kappa shape index (κ3) is 4.11. The maximum absolute atomic E-state index is 6.54. The molecule has 1 heteroatoms. The zero-order valence-corrected chi connectivity index (χ0v) is 13.4. The average molecular weight is 287 g/mol. The molecule has 0 heterocycles. The lowest BCUT2D eigenvalue weighted by Gasteiger charge is -2.13. The molecule has 2 rings (SSSR count). The number of aryl methyl sites for hydroxylation is 4. The molecule has 0 spiro atoms. The Morgan fingerprint density at radius 1 is 0.900 bits per heavy atom. The van der Waals surface area contributed by atoms with E-state index >= 15 is 0 Å². The van der Waals surface area contributed by atoms with Gasteiger partial charge in [-0.3, -0.25) is 0 Å². The van der Waals surface area contributed by atoms with E-state index in [1.807, 2.05) is 0 Å². The lowest BCUT2D eigenvalue weighted by Crippen LogP contribution is -2.07. The van der Waals surface area contributed by atoms with Gasteiger partial charge in [-0.1, -0.05) is 48.0 Å². The average Bonchev–Trinajstić information content (AvgIpc) is 2.42. The highest BCUT2D eigenvalue weighted by Gasteiger charge is 2.09. The number of benzene rings is 2. The zero-order chi connectivity index (χ0) is 14.5. The Bertz CT molecular complexity index is 572. The van der Waals surface area contributed by atoms with E-state index in [1.165, 1.54) is 27.8 Å². The molecule has 0 aliphatic rings. The summed E-state index contributed by atoms with van der Waals surface area (Å²) < 4.78 is 0. The highest BCUT2D eigenvalue weighted by atomic mass is 35.5. The Labute approximate surface area is 127 Å². The van der Waals surface area contributed by atoms with Crippen molar-refractivity contribution in [3.05, 3.63) is 70.3 Å². The molecule has 0 radical (unpaired) electrons. The summed E-state index contributed by atoms with van der Waals surface area (Å²) in [6.45, 7) is 6.47. The van der Waals surface area contributed by atoms with Crippen molar-refractivity contribution in [3.8, 4) is 0 Å². The number of hydrogen-bond donors (Lipinski definition) is 0. The van der Waals surface area contributed by atoms with Crippen LogP contribution in [0.15, 0.2) is 42.5 Å². The van der Waals surface area contributed by atoms with Gasteiger partial charge in [0.05, 0.1) is 0 Å². The van der Waals surface area contributed by atoms with E-state index in [0.717, 1.165) is 19.3 Å². The van der Waals surface area contributed by atoms with E-state index in [-0.39, 0.29) is 5.38 Å². The van der Waals surface area contributed by atoms with Crippen molar-refractivity contribution in [2.45, 2.75) is 45.4 Å². The fraction of sp³-hybridized carbons (Fsp3) is 0.368. The smallest absolute Gasteiger partial charge is 0.0379 e. The molecule has 0 fully saturated rings. The van der Waals surface area contributed by atoms with E-state index < -0.39 is 0 Å². The molecule has 0 saturated heterocycles. The molecule has 0 nitrogen and oxygen atoms in total. The van der Waals surface area contributed by atoms with Crippen LogP contribution in [0.4, 0.5) is 0 Å². The van der Waals surface area contributed by atoms with Gasteiger partial charge in [0, 0.05) is 5.38 Å². The van der Waals surface area contributed by atoms with Crippen LogP contribution in [0.5, 0.6) is 0 Å². The van der Waals surface area contributed by atoms with Gasteiger partial charge in [-0.15, -0.1) is 11.6 Å². The molecule has 0 N–H and O–H groups in total. The van der Waals surface area contributed by atoms with Gasteiger partial charge in [-0.25, -0.2) is 0 Å². The monoisotopic (exact) mass is 286 g/mol. The van der Waals surface area contributed by atoms with Crippen molar-refractivity contribution in [2.24, 2.45) is 0 Å². The Balaban J connectivity index is 1.94. The second-order valence-electron chi connectivity index (χ2n) is 5.70. The van der Waals surface area contributed by atoms with Crippen LogP contribution in [0, 0.1) is 20.8 Å². The van der Waals surface area contributed by atoms with E-state index in [9.17, 15) is 0 Å². The number of alkyl halides is 1. The second-order valence-corrected chi connectivity index (χ2v) is 6.31. The Hall–Kier alpha value is -1.27. The molecule has 1 unspecified atom stereocenters. The molecule has 0 aliphatic heterocycles. The summed E-state index contributed by atoms with van der Waals surface area (Å²) in [5.74, 6) is 0. The van der Waals surface area contributed by atoms with E-state index in [2.05, 4.69) is 63.2 Å². The summed E-state index contributed by atoms with van der Waals surface area (Å²) >= 11 is 6.54. The second kappa shape index (κ2) is 6.95. The maximum Gasteiger partial charge on any atom is 0.0379 e. The lowest BCUT2D eigenvalue weighted by atomic mass is 9.97. The summed E-state index contributed by atoms with van der Waals surface area (Å²) in [5, 5.41) is 0.204. The highest BCUT2D eigenvalue weighted by molar-refractivity contribution is 6.20. The van der Waals surface area contributed by atoms with Crippen LogP contribution in [-0.2, 0) is 12.8 Å². The zero-order valence-electron chi connectivity index (χ0n) is 12.6. The van der Waals surface area contributed by atoms with Crippen molar-refractivity contribution in [1.29, 1.82) is 0 Å². The van der Waals surface area contributed by atoms with E-state index in [0.29, 0.717) is 0 Å². The predicted octanol–water partition coefficient (Wildman–Crippen LogP) is 5.39. The van der Waals surface area contributed by atoms with Crippen molar-refractivity contribution in [1.82, 2.24) is 0 Å². The molecule has 2 aromatic rings. The third-order valence-electron chi connectivity index (χ3n) is 3.93. The van der Waals surface area contributed by atoms with Crippen LogP contribution in [-0.4, -0.2) is 5.38 Å². The third-order valence-corrected chi connectivity index (χ3v) is 4.31. The highest BCUT2D eigenvalue weighted by Crippen LogP contribution is 2.19. The minimum atomic E-state index is 0.204. The fourth-order valence-electron chi connectivity index (χ4n) is 2.56. The summed E-state index contributed by atoms with van der Waals surface area (Å²) in [6.07, 6.45) is 3.05. The van der Waals surface area contributed by atoms with E-state index in [1.54, 1.807) is 0 Å². The van der Waals surface area contributed by atoms with Gasteiger partial charge < -0.3 is 0 Å². The van der Waals surface area contributed by atoms with E-state index in [4.69, 9.17) is 11.6 Å². The molecule has 2 aromatic carbocycles. The van der Waals surface area contributed by atoms with Crippen LogP contribution >= 0.6 is 11.6 Å². The molecular formula is C19H23Cl. The molecule has 1 atom stereocenters. The van der Waals surface area contributed by atoms with Crippen LogP contribution in [0.2, 0.25) is 0 Å². The Morgan fingerprint density at radius 2 is 1.60 bits per heavy atom. The number of rotatable bonds is 5. The van der Waals surface area contributed by atoms with Crippen LogP contribution in [0.25, 0.3) is 0 Å². The molecule has 0 amide bonds. The first-order valence-electron chi connectivity index (χ1n) is 7.31. The van der Waals surface area contributed by atoms with Crippen molar-refractivity contribution >= 4 is 11.6 Å². The minimum Gasteiger partial charge on any atom is -0.123 e. The largest absolute Gasteiger partial charge is 0.123 e. The number of hydrogen-bond acceptors (Lipinski definition) is 0. The van der Waals surface area contributed by atoms with Crippen molar-refractivity contribution < 1.29 is 0 Å². The molecule has 0 saturated carbocycles. The summed E-state index contributed by atoms with van der Waals surface area (Å²) in [4.78, 5) is 0. The maximum atomic E-state index is 6.54. The standard InChI is InChI=1S/C19H23Cl/c1-14-8-9-16(3)18(12-14)13-19(20)11-10-17-7-5-4-6-15(17)2/h4-9,12,19H,10-11,13H2,1-3H3. The van der Waals surface area contributed by atoms with Gasteiger partial charge in [0.25, 0.3) is 0 Å². The van der Waals surface area contributed by atoms with Crippen LogP contribution in [0.3, 0.4) is 0 Å².